The summed E-state index contributed by atoms with van der Waals surface area (Å²) in [6.45, 7) is 1.47. The van der Waals surface area contributed by atoms with Gasteiger partial charge in [-0.1, -0.05) is 5.21 Å². The van der Waals surface area contributed by atoms with Crippen molar-refractivity contribution in [2.24, 2.45) is 0 Å². The standard InChI is InChI=1S/C10H15N5O3/c16-9(17)6-15-5-8(13-14-15)10(18)12-7-1-3-11-4-2-7/h5,7,11H,1-4,6H2,(H,12,18)(H,16,17). The van der Waals surface area contributed by atoms with Gasteiger partial charge in [-0.3, -0.25) is 9.59 Å². The summed E-state index contributed by atoms with van der Waals surface area (Å²) in [5, 5.41) is 21.9. The van der Waals surface area contributed by atoms with Crippen molar-refractivity contribution in [1.82, 2.24) is 25.6 Å². The first-order valence-electron chi connectivity index (χ1n) is 5.78. The fourth-order valence-electron chi connectivity index (χ4n) is 1.84. The van der Waals surface area contributed by atoms with Crippen LogP contribution in [0.3, 0.4) is 0 Å². The van der Waals surface area contributed by atoms with E-state index in [0.29, 0.717) is 0 Å². The quantitative estimate of drug-likeness (QED) is 0.624. The van der Waals surface area contributed by atoms with E-state index in [2.05, 4.69) is 20.9 Å². The zero-order chi connectivity index (χ0) is 13.0. The molecule has 0 spiro atoms. The van der Waals surface area contributed by atoms with Crippen LogP contribution in [0.25, 0.3) is 0 Å². The number of aromatic nitrogens is 3. The Morgan fingerprint density at radius 3 is 2.89 bits per heavy atom. The summed E-state index contributed by atoms with van der Waals surface area (Å²) in [5.74, 6) is -1.33. The van der Waals surface area contributed by atoms with Crippen LogP contribution >= 0.6 is 0 Å². The van der Waals surface area contributed by atoms with Crippen LogP contribution in [0.4, 0.5) is 0 Å². The SMILES string of the molecule is O=C(O)Cn1cc(C(=O)NC2CCNCC2)nn1. The number of hydrogen-bond donors (Lipinski definition) is 3. The number of carbonyl (C=O) groups is 2. The third-order valence-electron chi connectivity index (χ3n) is 2.74. The van der Waals surface area contributed by atoms with Crippen molar-refractivity contribution in [3.05, 3.63) is 11.9 Å². The van der Waals surface area contributed by atoms with E-state index in [1.165, 1.54) is 6.20 Å². The fraction of sp³-hybridized carbons (Fsp3) is 0.600. The van der Waals surface area contributed by atoms with E-state index < -0.39 is 5.97 Å². The van der Waals surface area contributed by atoms with Gasteiger partial charge >= 0.3 is 5.97 Å². The lowest BCUT2D eigenvalue weighted by molar-refractivity contribution is -0.137. The van der Waals surface area contributed by atoms with Crippen LogP contribution in [0.2, 0.25) is 0 Å². The lowest BCUT2D eigenvalue weighted by Gasteiger charge is -2.23. The summed E-state index contributed by atoms with van der Waals surface area (Å²) in [5.41, 5.74) is 0.148. The minimum absolute atomic E-state index is 0.142. The van der Waals surface area contributed by atoms with Gasteiger partial charge in [-0.2, -0.15) is 0 Å². The van der Waals surface area contributed by atoms with E-state index in [-0.39, 0.29) is 24.2 Å². The number of aliphatic carboxylic acids is 1. The van der Waals surface area contributed by atoms with Gasteiger partial charge in [0.1, 0.15) is 6.54 Å². The number of carboxylic acid groups (broad SMARTS) is 1. The summed E-state index contributed by atoms with van der Waals surface area (Å²) in [7, 11) is 0. The maximum atomic E-state index is 11.8. The molecule has 1 aromatic rings. The molecule has 1 amide bonds. The third kappa shape index (κ3) is 3.27. The minimum Gasteiger partial charge on any atom is -0.480 e. The van der Waals surface area contributed by atoms with Gasteiger partial charge in [-0.05, 0) is 25.9 Å². The number of nitrogens with one attached hydrogen (secondary N) is 2. The second kappa shape index (κ2) is 5.58. The van der Waals surface area contributed by atoms with E-state index in [1.54, 1.807) is 0 Å². The van der Waals surface area contributed by atoms with Crippen LogP contribution in [-0.4, -0.2) is 51.1 Å². The van der Waals surface area contributed by atoms with Gasteiger partial charge in [0.2, 0.25) is 0 Å². The second-order valence-electron chi connectivity index (χ2n) is 4.19. The van der Waals surface area contributed by atoms with Crippen molar-refractivity contribution in [3.63, 3.8) is 0 Å². The second-order valence-corrected chi connectivity index (χ2v) is 4.19. The lowest BCUT2D eigenvalue weighted by Crippen LogP contribution is -2.42. The van der Waals surface area contributed by atoms with Crippen LogP contribution < -0.4 is 10.6 Å². The van der Waals surface area contributed by atoms with Crippen molar-refractivity contribution in [2.75, 3.05) is 13.1 Å². The van der Waals surface area contributed by atoms with Gasteiger partial charge in [0.05, 0.1) is 6.20 Å². The molecule has 2 heterocycles. The molecule has 3 N–H and O–H groups in total. The zero-order valence-corrected chi connectivity index (χ0v) is 9.80. The molecule has 8 nitrogen and oxygen atoms in total. The lowest BCUT2D eigenvalue weighted by atomic mass is 10.1. The van der Waals surface area contributed by atoms with Crippen LogP contribution in [0.1, 0.15) is 23.3 Å². The molecule has 2 rings (SSSR count). The van der Waals surface area contributed by atoms with Crippen molar-refractivity contribution >= 4 is 11.9 Å². The Hall–Kier alpha value is -1.96. The van der Waals surface area contributed by atoms with Gasteiger partial charge in [0.15, 0.2) is 5.69 Å². The molecule has 0 saturated carbocycles. The molecule has 1 aliphatic heterocycles. The molecule has 1 saturated heterocycles. The molecule has 0 atom stereocenters. The molecule has 1 aliphatic rings. The highest BCUT2D eigenvalue weighted by molar-refractivity contribution is 5.92. The Morgan fingerprint density at radius 2 is 2.22 bits per heavy atom. The highest BCUT2D eigenvalue weighted by Crippen LogP contribution is 2.03. The predicted octanol–water partition coefficient (Wildman–Crippen LogP) is -1.16. The number of hydrogen-bond acceptors (Lipinski definition) is 5. The molecule has 98 valence electrons. The van der Waals surface area contributed by atoms with Crippen LogP contribution in [0.5, 0.6) is 0 Å². The van der Waals surface area contributed by atoms with Crippen LogP contribution in [0, 0.1) is 0 Å². The fourth-order valence-corrected chi connectivity index (χ4v) is 1.84. The van der Waals surface area contributed by atoms with Crippen LogP contribution in [-0.2, 0) is 11.3 Å². The monoisotopic (exact) mass is 253 g/mol. The molecule has 8 heteroatoms. The maximum Gasteiger partial charge on any atom is 0.325 e. The molecule has 0 aromatic carbocycles. The Morgan fingerprint density at radius 1 is 1.50 bits per heavy atom. The number of carboxylic acids is 1. The highest BCUT2D eigenvalue weighted by Gasteiger charge is 2.18. The summed E-state index contributed by atoms with van der Waals surface area (Å²) >= 11 is 0. The van der Waals surface area contributed by atoms with Crippen molar-refractivity contribution in [1.29, 1.82) is 0 Å². The topological polar surface area (TPSA) is 109 Å². The Balaban J connectivity index is 1.91. The molecule has 0 bridgehead atoms. The molecule has 1 aromatic heterocycles. The molecule has 0 aliphatic carbocycles. The Kier molecular flexibility index (Phi) is 3.88. The first-order chi connectivity index (χ1) is 8.65. The van der Waals surface area contributed by atoms with Gasteiger partial charge in [0, 0.05) is 6.04 Å². The predicted molar refractivity (Wildman–Crippen MR) is 61.0 cm³/mol. The van der Waals surface area contributed by atoms with Crippen molar-refractivity contribution in [3.8, 4) is 0 Å². The van der Waals surface area contributed by atoms with Crippen LogP contribution in [0.15, 0.2) is 6.20 Å². The smallest absolute Gasteiger partial charge is 0.325 e. The van der Waals surface area contributed by atoms with E-state index in [4.69, 9.17) is 5.11 Å². The first kappa shape index (κ1) is 12.5. The summed E-state index contributed by atoms with van der Waals surface area (Å²) in [6.07, 6.45) is 3.11. The van der Waals surface area contributed by atoms with Gasteiger partial charge in [-0.15, -0.1) is 5.10 Å². The molecular formula is C10H15N5O3. The number of rotatable bonds is 4. The third-order valence-corrected chi connectivity index (χ3v) is 2.74. The normalized spacial score (nSPS) is 16.4. The first-order valence-corrected chi connectivity index (χ1v) is 5.78. The average Bonchev–Trinajstić information content (AvgIpc) is 2.78. The minimum atomic E-state index is -1.02. The number of piperidine rings is 1. The average molecular weight is 253 g/mol. The summed E-state index contributed by atoms with van der Waals surface area (Å²) in [6, 6.07) is 0.142. The number of nitrogens with zero attached hydrogens (tertiary/aromatic N) is 3. The Labute approximate surface area is 103 Å². The van der Waals surface area contributed by atoms with E-state index in [0.717, 1.165) is 30.6 Å². The van der Waals surface area contributed by atoms with E-state index >= 15 is 0 Å². The molecule has 0 radical (unpaired) electrons. The summed E-state index contributed by atoms with van der Waals surface area (Å²) in [4.78, 5) is 22.3. The maximum absolute atomic E-state index is 11.8. The highest BCUT2D eigenvalue weighted by atomic mass is 16.4. The van der Waals surface area contributed by atoms with Gasteiger partial charge < -0.3 is 15.7 Å². The van der Waals surface area contributed by atoms with E-state index in [1.807, 2.05) is 0 Å². The Bertz CT molecular complexity index is 438. The van der Waals surface area contributed by atoms with E-state index in [9.17, 15) is 9.59 Å². The molecule has 18 heavy (non-hydrogen) atoms. The zero-order valence-electron chi connectivity index (χ0n) is 9.80. The van der Waals surface area contributed by atoms with Crippen molar-refractivity contribution < 1.29 is 14.7 Å². The van der Waals surface area contributed by atoms with Gasteiger partial charge in [-0.25, -0.2) is 4.68 Å². The van der Waals surface area contributed by atoms with Gasteiger partial charge in [0.25, 0.3) is 5.91 Å². The summed E-state index contributed by atoms with van der Waals surface area (Å²) < 4.78 is 1.12. The molecular weight excluding hydrogens is 238 g/mol. The largest absolute Gasteiger partial charge is 0.480 e. The molecule has 0 unspecified atom stereocenters. The number of amides is 1. The number of carbonyl (C=O) groups excluding carboxylic acids is 1. The molecule has 1 fully saturated rings. The van der Waals surface area contributed by atoms with Crippen molar-refractivity contribution in [2.45, 2.75) is 25.4 Å².